The van der Waals surface area contributed by atoms with Crippen molar-refractivity contribution in [2.24, 2.45) is 0 Å². The van der Waals surface area contributed by atoms with Crippen molar-refractivity contribution in [1.29, 1.82) is 0 Å². The molecule has 3 rings (SSSR count). The number of carbonyl (C=O) groups excluding carboxylic acids is 3. The molecule has 2 aromatic rings. The van der Waals surface area contributed by atoms with Crippen molar-refractivity contribution in [1.82, 2.24) is 20.4 Å². The Kier molecular flexibility index (Phi) is 5.76. The molecule has 10 heteroatoms. The lowest BCUT2D eigenvalue weighted by molar-refractivity contribution is -0.134. The van der Waals surface area contributed by atoms with Crippen molar-refractivity contribution < 1.29 is 14.4 Å². The van der Waals surface area contributed by atoms with Crippen molar-refractivity contribution in [3.05, 3.63) is 35.9 Å². The zero-order chi connectivity index (χ0) is 19.4. The minimum absolute atomic E-state index is 0.341. The highest BCUT2D eigenvalue weighted by Gasteiger charge is 2.51. The van der Waals surface area contributed by atoms with Crippen molar-refractivity contribution in [3.63, 3.8) is 0 Å². The van der Waals surface area contributed by atoms with Crippen LogP contribution >= 0.6 is 23.1 Å². The Morgan fingerprint density at radius 3 is 2.67 bits per heavy atom. The first-order valence-corrected chi connectivity index (χ1v) is 10.3. The fraction of sp³-hybridized carbons (Fsp3) is 0.353. The van der Waals surface area contributed by atoms with Gasteiger partial charge in [0.2, 0.25) is 11.0 Å². The Labute approximate surface area is 164 Å². The number of aromatic nitrogens is 2. The first-order chi connectivity index (χ1) is 13.0. The van der Waals surface area contributed by atoms with Gasteiger partial charge in [0.1, 0.15) is 12.1 Å². The van der Waals surface area contributed by atoms with E-state index < -0.39 is 23.4 Å². The molecule has 0 saturated carbocycles. The average molecular weight is 406 g/mol. The number of rotatable bonds is 7. The van der Waals surface area contributed by atoms with E-state index in [1.807, 2.05) is 32.0 Å². The average Bonchev–Trinajstić information content (AvgIpc) is 3.20. The molecule has 2 N–H and O–H groups in total. The van der Waals surface area contributed by atoms with Crippen LogP contribution in [0.25, 0.3) is 0 Å². The van der Waals surface area contributed by atoms with Crippen LogP contribution in [-0.4, -0.2) is 45.2 Å². The third-order valence-corrected chi connectivity index (χ3v) is 6.05. The topological polar surface area (TPSA) is 104 Å². The Morgan fingerprint density at radius 1 is 1.26 bits per heavy atom. The molecule has 1 aliphatic rings. The summed E-state index contributed by atoms with van der Waals surface area (Å²) < 4.78 is 0.747. The Bertz CT molecular complexity index is 857. The van der Waals surface area contributed by atoms with E-state index in [1.165, 1.54) is 23.1 Å². The molecule has 1 atom stereocenters. The Morgan fingerprint density at radius 2 is 2.00 bits per heavy atom. The maximum Gasteiger partial charge on any atom is 0.325 e. The van der Waals surface area contributed by atoms with Crippen LogP contribution < -0.4 is 10.6 Å². The number of nitrogens with zero attached hydrogens (tertiary/aromatic N) is 3. The highest BCUT2D eigenvalue weighted by atomic mass is 32.2. The number of hydrogen-bond acceptors (Lipinski definition) is 7. The third kappa shape index (κ3) is 3.81. The minimum Gasteiger partial charge on any atom is -0.319 e. The molecule has 0 radical (unpaired) electrons. The highest BCUT2D eigenvalue weighted by Crippen LogP contribution is 2.32. The van der Waals surface area contributed by atoms with Gasteiger partial charge in [0.05, 0.1) is 0 Å². The molecule has 1 aromatic heterocycles. The second-order valence-electron chi connectivity index (χ2n) is 5.80. The molecule has 1 fully saturated rings. The van der Waals surface area contributed by atoms with E-state index in [9.17, 15) is 14.4 Å². The van der Waals surface area contributed by atoms with Crippen molar-refractivity contribution in [2.75, 3.05) is 17.6 Å². The summed E-state index contributed by atoms with van der Waals surface area (Å²) in [6, 6.07) is 8.46. The molecular formula is C17H19N5O3S2. The summed E-state index contributed by atoms with van der Waals surface area (Å²) in [4.78, 5) is 38.6. The lowest BCUT2D eigenvalue weighted by Gasteiger charge is -2.25. The summed E-state index contributed by atoms with van der Waals surface area (Å²) in [6.45, 7) is 3.44. The molecule has 0 spiro atoms. The monoisotopic (exact) mass is 405 g/mol. The SMILES string of the molecule is CCSc1nnc(NC(=O)CN2C(=O)N[C@@](CC)(c3ccccc3)C2=O)s1. The molecule has 1 aromatic carbocycles. The highest BCUT2D eigenvalue weighted by molar-refractivity contribution is 8.01. The van der Waals surface area contributed by atoms with Gasteiger partial charge in [-0.25, -0.2) is 4.79 Å². The maximum atomic E-state index is 13.0. The standard InChI is InChI=1S/C17H19N5O3S2/c1-3-17(11-8-6-5-7-9-11)13(24)22(15(25)19-17)10-12(23)18-14-20-21-16(27-14)26-4-2/h5-9H,3-4,10H2,1-2H3,(H,19,25)(H,18,20,23)/t17-/m0/s1. The summed E-state index contributed by atoms with van der Waals surface area (Å²) in [5.74, 6) is -0.0811. The van der Waals surface area contributed by atoms with Crippen LogP contribution in [0.5, 0.6) is 0 Å². The Hall–Kier alpha value is -2.46. The summed E-state index contributed by atoms with van der Waals surface area (Å²) in [7, 11) is 0. The zero-order valence-electron chi connectivity index (χ0n) is 14.9. The van der Waals surface area contributed by atoms with E-state index >= 15 is 0 Å². The van der Waals surface area contributed by atoms with E-state index in [0.29, 0.717) is 17.1 Å². The zero-order valence-corrected chi connectivity index (χ0v) is 16.5. The molecule has 1 saturated heterocycles. The number of anilines is 1. The summed E-state index contributed by atoms with van der Waals surface area (Å²) in [5.41, 5.74) is -0.453. The van der Waals surface area contributed by atoms with Gasteiger partial charge in [0, 0.05) is 0 Å². The van der Waals surface area contributed by atoms with E-state index in [0.717, 1.165) is 15.0 Å². The van der Waals surface area contributed by atoms with Gasteiger partial charge in [-0.05, 0) is 17.7 Å². The maximum absolute atomic E-state index is 13.0. The second kappa shape index (κ2) is 8.05. The van der Waals surface area contributed by atoms with Gasteiger partial charge in [0.25, 0.3) is 5.91 Å². The number of thioether (sulfide) groups is 1. The lowest BCUT2D eigenvalue weighted by atomic mass is 9.87. The lowest BCUT2D eigenvalue weighted by Crippen LogP contribution is -2.44. The van der Waals surface area contributed by atoms with Crippen LogP contribution in [0.15, 0.2) is 34.7 Å². The largest absolute Gasteiger partial charge is 0.325 e. The van der Waals surface area contributed by atoms with Crippen LogP contribution in [0.4, 0.5) is 9.93 Å². The second-order valence-corrected chi connectivity index (χ2v) is 8.29. The number of urea groups is 1. The molecule has 27 heavy (non-hydrogen) atoms. The van der Waals surface area contributed by atoms with Crippen LogP contribution in [-0.2, 0) is 15.1 Å². The fourth-order valence-corrected chi connectivity index (χ4v) is 4.54. The third-order valence-electron chi connectivity index (χ3n) is 4.19. The molecule has 142 valence electrons. The molecular weight excluding hydrogens is 386 g/mol. The first-order valence-electron chi connectivity index (χ1n) is 8.46. The molecule has 4 amide bonds. The van der Waals surface area contributed by atoms with Crippen molar-refractivity contribution in [3.8, 4) is 0 Å². The van der Waals surface area contributed by atoms with E-state index in [-0.39, 0.29) is 6.54 Å². The first kappa shape index (κ1) is 19.3. The molecule has 8 nitrogen and oxygen atoms in total. The van der Waals surface area contributed by atoms with E-state index in [2.05, 4.69) is 20.8 Å². The van der Waals surface area contributed by atoms with Crippen molar-refractivity contribution >= 4 is 46.1 Å². The quantitative estimate of drug-likeness (QED) is 0.417. The Balaban J connectivity index is 1.72. The van der Waals surface area contributed by atoms with Crippen LogP contribution in [0, 0.1) is 0 Å². The number of imide groups is 1. The summed E-state index contributed by atoms with van der Waals surface area (Å²) in [6.07, 6.45) is 0.383. The summed E-state index contributed by atoms with van der Waals surface area (Å²) >= 11 is 2.77. The number of amides is 4. The van der Waals surface area contributed by atoms with Gasteiger partial charge in [-0.1, -0.05) is 67.3 Å². The van der Waals surface area contributed by atoms with Gasteiger partial charge in [-0.2, -0.15) is 0 Å². The van der Waals surface area contributed by atoms with Gasteiger partial charge in [0.15, 0.2) is 4.34 Å². The van der Waals surface area contributed by atoms with E-state index in [4.69, 9.17) is 0 Å². The number of nitrogens with one attached hydrogen (secondary N) is 2. The summed E-state index contributed by atoms with van der Waals surface area (Å²) in [5, 5.41) is 13.5. The molecule has 0 bridgehead atoms. The van der Waals surface area contributed by atoms with Gasteiger partial charge in [-0.15, -0.1) is 10.2 Å². The predicted molar refractivity (Wildman–Crippen MR) is 104 cm³/mol. The fourth-order valence-electron chi connectivity index (χ4n) is 2.88. The van der Waals surface area contributed by atoms with Crippen molar-refractivity contribution in [2.45, 2.75) is 30.1 Å². The van der Waals surface area contributed by atoms with Crippen LogP contribution in [0.3, 0.4) is 0 Å². The van der Waals surface area contributed by atoms with Gasteiger partial charge >= 0.3 is 6.03 Å². The molecule has 0 aliphatic carbocycles. The molecule has 0 unspecified atom stereocenters. The van der Waals surface area contributed by atoms with Gasteiger partial charge in [-0.3, -0.25) is 19.8 Å². The normalized spacial score (nSPS) is 19.3. The predicted octanol–water partition coefficient (Wildman–Crippen LogP) is 2.45. The van der Waals surface area contributed by atoms with Crippen LogP contribution in [0.2, 0.25) is 0 Å². The molecule has 2 heterocycles. The number of carbonyl (C=O) groups is 3. The van der Waals surface area contributed by atoms with Gasteiger partial charge < -0.3 is 5.32 Å². The smallest absolute Gasteiger partial charge is 0.319 e. The van der Waals surface area contributed by atoms with E-state index in [1.54, 1.807) is 12.1 Å². The number of hydrogen-bond donors (Lipinski definition) is 2. The molecule has 1 aliphatic heterocycles. The van der Waals surface area contributed by atoms with Crippen LogP contribution in [0.1, 0.15) is 25.8 Å². The minimum atomic E-state index is -1.15. The number of benzene rings is 1.